The van der Waals surface area contributed by atoms with Gasteiger partial charge in [-0.15, -0.1) is 0 Å². The van der Waals surface area contributed by atoms with Crippen molar-refractivity contribution in [1.82, 2.24) is 20.6 Å². The smallest absolute Gasteiger partial charge is 0.267 e. The predicted molar refractivity (Wildman–Crippen MR) is 105 cm³/mol. The largest absolute Gasteiger partial charge is 0.290 e. The Morgan fingerprint density at radius 2 is 1.71 bits per heavy atom. The number of fused-ring (bicyclic) bond motifs is 1. The molecule has 1 aromatic heterocycles. The molecule has 0 saturated heterocycles. The minimum Gasteiger partial charge on any atom is -0.267 e. The van der Waals surface area contributed by atoms with Crippen LogP contribution in [-0.4, -0.2) is 21.6 Å². The highest BCUT2D eigenvalue weighted by molar-refractivity contribution is 9.10. The van der Waals surface area contributed by atoms with Crippen LogP contribution in [0.5, 0.6) is 0 Å². The summed E-state index contributed by atoms with van der Waals surface area (Å²) in [5.41, 5.74) is 3.81. The van der Waals surface area contributed by atoms with Crippen molar-refractivity contribution in [1.29, 1.82) is 0 Å². The highest BCUT2D eigenvalue weighted by atomic mass is 79.9. The van der Waals surface area contributed by atoms with Gasteiger partial charge in [0.15, 0.2) is 5.69 Å². The van der Waals surface area contributed by atoms with Crippen LogP contribution in [0.4, 0.5) is 4.39 Å². The Bertz CT molecular complexity index is 1140. The fourth-order valence-corrected chi connectivity index (χ4v) is 3.00. The van der Waals surface area contributed by atoms with Gasteiger partial charge in [-0.1, -0.05) is 34.1 Å². The highest BCUT2D eigenvalue weighted by Gasteiger charge is 2.19. The van der Waals surface area contributed by atoms with E-state index < -0.39 is 17.6 Å². The molecule has 0 aliphatic carbocycles. The third kappa shape index (κ3) is 3.79. The molecule has 0 saturated carbocycles. The molecule has 2 N–H and O–H groups in total. The maximum absolute atomic E-state index is 13.8. The summed E-state index contributed by atoms with van der Waals surface area (Å²) >= 11 is 3.16. The Kier molecular flexibility index (Phi) is 5.55. The molecule has 0 radical (unpaired) electrons. The van der Waals surface area contributed by atoms with E-state index in [1.54, 1.807) is 38.1 Å². The number of nitrogens with zero attached hydrogens (tertiary/aromatic N) is 2. The SMILES string of the molecule is CC(C)n1nc(C(=O)NNC(=O)c2cc(Br)ccc2F)c2ccccc2c1=O. The average Bonchev–Trinajstić information content (AvgIpc) is 2.68. The fourth-order valence-electron chi connectivity index (χ4n) is 2.64. The summed E-state index contributed by atoms with van der Waals surface area (Å²) in [7, 11) is 0. The molecule has 0 bridgehead atoms. The molecule has 1 heterocycles. The summed E-state index contributed by atoms with van der Waals surface area (Å²) in [6.45, 7) is 3.53. The minimum atomic E-state index is -0.825. The molecule has 7 nitrogen and oxygen atoms in total. The van der Waals surface area contributed by atoms with Crippen LogP contribution in [0.3, 0.4) is 0 Å². The number of nitrogens with one attached hydrogen (secondary N) is 2. The molecule has 144 valence electrons. The van der Waals surface area contributed by atoms with E-state index in [0.717, 1.165) is 6.07 Å². The van der Waals surface area contributed by atoms with Gasteiger partial charge in [-0.3, -0.25) is 25.2 Å². The molecule has 0 aliphatic rings. The summed E-state index contributed by atoms with van der Waals surface area (Å²) in [5.74, 6) is -2.28. The summed E-state index contributed by atoms with van der Waals surface area (Å²) in [6, 6.07) is 10.2. The molecule has 9 heteroatoms. The van der Waals surface area contributed by atoms with Crippen LogP contribution in [0.25, 0.3) is 10.8 Å². The number of halogens is 2. The van der Waals surface area contributed by atoms with Crippen molar-refractivity contribution in [3.63, 3.8) is 0 Å². The zero-order valence-electron chi connectivity index (χ0n) is 15.0. The van der Waals surface area contributed by atoms with Crippen LogP contribution in [0, 0.1) is 5.82 Å². The maximum Gasteiger partial charge on any atom is 0.290 e. The lowest BCUT2D eigenvalue weighted by Gasteiger charge is -2.14. The van der Waals surface area contributed by atoms with E-state index in [9.17, 15) is 18.8 Å². The Labute approximate surface area is 167 Å². The van der Waals surface area contributed by atoms with Gasteiger partial charge in [0.25, 0.3) is 17.4 Å². The van der Waals surface area contributed by atoms with Crippen LogP contribution in [0.2, 0.25) is 0 Å². The number of hydrogen-bond acceptors (Lipinski definition) is 4. The number of carbonyl (C=O) groups is 2. The van der Waals surface area contributed by atoms with Gasteiger partial charge in [0.1, 0.15) is 5.82 Å². The van der Waals surface area contributed by atoms with Gasteiger partial charge in [-0.05, 0) is 38.1 Å². The van der Waals surface area contributed by atoms with E-state index in [1.807, 2.05) is 0 Å². The summed E-state index contributed by atoms with van der Waals surface area (Å²) in [5, 5.41) is 4.83. The third-order valence-electron chi connectivity index (χ3n) is 4.00. The minimum absolute atomic E-state index is 0.0288. The zero-order valence-corrected chi connectivity index (χ0v) is 16.6. The Hall–Kier alpha value is -3.07. The zero-order chi connectivity index (χ0) is 20.4. The predicted octanol–water partition coefficient (Wildman–Crippen LogP) is 2.95. The van der Waals surface area contributed by atoms with Crippen LogP contribution < -0.4 is 16.4 Å². The number of aromatic nitrogens is 2. The van der Waals surface area contributed by atoms with Crippen molar-refractivity contribution in [3.05, 3.63) is 74.4 Å². The Balaban J connectivity index is 1.92. The number of hydrazine groups is 1. The molecule has 3 rings (SSSR count). The van der Waals surface area contributed by atoms with Gasteiger partial charge in [0, 0.05) is 9.86 Å². The van der Waals surface area contributed by atoms with E-state index in [1.165, 1.54) is 16.8 Å². The number of amides is 2. The van der Waals surface area contributed by atoms with Crippen LogP contribution in [0.15, 0.2) is 51.7 Å². The number of benzene rings is 2. The van der Waals surface area contributed by atoms with Gasteiger partial charge in [0.2, 0.25) is 0 Å². The van der Waals surface area contributed by atoms with E-state index in [0.29, 0.717) is 15.2 Å². The molecule has 2 amide bonds. The monoisotopic (exact) mass is 446 g/mol. The topological polar surface area (TPSA) is 93.1 Å². The number of rotatable bonds is 3. The molecule has 0 spiro atoms. The Morgan fingerprint density at radius 1 is 1.07 bits per heavy atom. The average molecular weight is 447 g/mol. The van der Waals surface area contributed by atoms with E-state index in [2.05, 4.69) is 31.9 Å². The molecule has 0 aliphatic heterocycles. The van der Waals surface area contributed by atoms with Crippen LogP contribution in [-0.2, 0) is 0 Å². The van der Waals surface area contributed by atoms with Crippen molar-refractivity contribution in [2.24, 2.45) is 0 Å². The summed E-state index contributed by atoms with van der Waals surface area (Å²) in [6.07, 6.45) is 0. The second-order valence-electron chi connectivity index (χ2n) is 6.27. The second kappa shape index (κ2) is 7.89. The molecular weight excluding hydrogens is 431 g/mol. The first kappa shape index (κ1) is 19.7. The summed E-state index contributed by atoms with van der Waals surface area (Å²) in [4.78, 5) is 37.3. The first-order chi connectivity index (χ1) is 13.3. The van der Waals surface area contributed by atoms with Crippen molar-refractivity contribution in [2.45, 2.75) is 19.9 Å². The van der Waals surface area contributed by atoms with Crippen LogP contribution >= 0.6 is 15.9 Å². The van der Waals surface area contributed by atoms with Gasteiger partial charge in [0.05, 0.1) is 17.0 Å². The molecule has 0 fully saturated rings. The molecule has 0 unspecified atom stereocenters. The van der Waals surface area contributed by atoms with Gasteiger partial charge >= 0.3 is 0 Å². The first-order valence-electron chi connectivity index (χ1n) is 8.37. The van der Waals surface area contributed by atoms with E-state index in [-0.39, 0.29) is 22.9 Å². The lowest BCUT2D eigenvalue weighted by molar-refractivity contribution is 0.0841. The highest BCUT2D eigenvalue weighted by Crippen LogP contribution is 2.16. The second-order valence-corrected chi connectivity index (χ2v) is 7.19. The molecule has 28 heavy (non-hydrogen) atoms. The van der Waals surface area contributed by atoms with Gasteiger partial charge < -0.3 is 0 Å². The molecule has 3 aromatic rings. The third-order valence-corrected chi connectivity index (χ3v) is 4.49. The number of carbonyl (C=O) groups excluding carboxylic acids is 2. The van der Waals surface area contributed by atoms with Crippen molar-refractivity contribution < 1.29 is 14.0 Å². The van der Waals surface area contributed by atoms with Crippen molar-refractivity contribution in [3.8, 4) is 0 Å². The lowest BCUT2D eigenvalue weighted by Crippen LogP contribution is -2.43. The Morgan fingerprint density at radius 3 is 2.39 bits per heavy atom. The van der Waals surface area contributed by atoms with Crippen LogP contribution in [0.1, 0.15) is 40.7 Å². The lowest BCUT2D eigenvalue weighted by atomic mass is 10.1. The van der Waals surface area contributed by atoms with Gasteiger partial charge in [-0.25, -0.2) is 9.07 Å². The fraction of sp³-hybridized carbons (Fsp3) is 0.158. The quantitative estimate of drug-likeness (QED) is 0.604. The molecule has 0 atom stereocenters. The standard InChI is InChI=1S/C19H16BrFN4O3/c1-10(2)25-19(28)13-6-4-3-5-12(13)16(24-25)18(27)23-22-17(26)14-9-11(20)7-8-15(14)21/h3-10H,1-2H3,(H,22,26)(H,23,27). The molecular formula is C19H16BrFN4O3. The van der Waals surface area contributed by atoms with E-state index >= 15 is 0 Å². The summed E-state index contributed by atoms with van der Waals surface area (Å²) < 4.78 is 15.5. The normalized spacial score (nSPS) is 10.9. The number of hydrogen-bond donors (Lipinski definition) is 2. The van der Waals surface area contributed by atoms with E-state index in [4.69, 9.17) is 0 Å². The first-order valence-corrected chi connectivity index (χ1v) is 9.16. The molecule has 2 aromatic carbocycles. The van der Waals surface area contributed by atoms with Crippen molar-refractivity contribution in [2.75, 3.05) is 0 Å². The van der Waals surface area contributed by atoms with Crippen molar-refractivity contribution >= 4 is 38.5 Å². The maximum atomic E-state index is 13.8. The van der Waals surface area contributed by atoms with Gasteiger partial charge in [-0.2, -0.15) is 5.10 Å².